The van der Waals surface area contributed by atoms with E-state index < -0.39 is 37.7 Å². The second kappa shape index (κ2) is 8.95. The molecule has 1 saturated heterocycles. The summed E-state index contributed by atoms with van der Waals surface area (Å²) < 4.78 is 68.5. The van der Waals surface area contributed by atoms with Gasteiger partial charge in [-0.25, -0.2) is 13.1 Å². The number of halogens is 6. The standard InChI is InChI=1S/C18H17Br2ClF3N3O2S/c19-11-5-10(17(25)15(20)6-11)8-27-4-3-12(9-27)26-30(28,29)13-1-2-16(21)14(7-13)18(22,23)24/h1-2,5-7,12,26H,3-4,8-9,25H2/t12-/m1/s1. The van der Waals surface area contributed by atoms with Crippen molar-refractivity contribution in [2.75, 3.05) is 18.8 Å². The van der Waals surface area contributed by atoms with Gasteiger partial charge in [-0.2, -0.15) is 13.2 Å². The van der Waals surface area contributed by atoms with Gasteiger partial charge in [0.15, 0.2) is 0 Å². The van der Waals surface area contributed by atoms with E-state index in [0.29, 0.717) is 37.8 Å². The number of anilines is 1. The summed E-state index contributed by atoms with van der Waals surface area (Å²) in [4.78, 5) is 1.55. The normalized spacial score (nSPS) is 18.1. The first kappa shape index (κ1) is 23.8. The quantitative estimate of drug-likeness (QED) is 0.479. The van der Waals surface area contributed by atoms with Crippen molar-refractivity contribution in [3.8, 4) is 0 Å². The molecule has 3 rings (SSSR count). The van der Waals surface area contributed by atoms with E-state index in [2.05, 4.69) is 36.6 Å². The average Bonchev–Trinajstić information content (AvgIpc) is 3.04. The molecule has 164 valence electrons. The fourth-order valence-corrected chi connectivity index (χ4v) is 6.08. The van der Waals surface area contributed by atoms with Crippen LogP contribution >= 0.6 is 43.5 Å². The maximum Gasteiger partial charge on any atom is 0.417 e. The summed E-state index contributed by atoms with van der Waals surface area (Å²) in [6.45, 7) is 1.54. The minimum absolute atomic E-state index is 0.405. The summed E-state index contributed by atoms with van der Waals surface area (Å²) in [7, 11) is -4.14. The molecule has 0 saturated carbocycles. The Morgan fingerprint density at radius 1 is 1.23 bits per heavy atom. The first-order chi connectivity index (χ1) is 13.9. The van der Waals surface area contributed by atoms with Crippen molar-refractivity contribution in [1.29, 1.82) is 0 Å². The van der Waals surface area contributed by atoms with Gasteiger partial charge in [-0.15, -0.1) is 0 Å². The van der Waals surface area contributed by atoms with Crippen molar-refractivity contribution in [3.63, 3.8) is 0 Å². The fourth-order valence-electron chi connectivity index (χ4n) is 3.26. The van der Waals surface area contributed by atoms with Crippen molar-refractivity contribution < 1.29 is 21.6 Å². The second-order valence-electron chi connectivity index (χ2n) is 6.94. The van der Waals surface area contributed by atoms with Crippen LogP contribution in [-0.4, -0.2) is 32.4 Å². The van der Waals surface area contributed by atoms with Gasteiger partial charge in [-0.1, -0.05) is 27.5 Å². The summed E-state index contributed by atoms with van der Waals surface area (Å²) in [6.07, 6.45) is -4.22. The average molecular weight is 592 g/mol. The highest BCUT2D eigenvalue weighted by Gasteiger charge is 2.35. The first-order valence-electron chi connectivity index (χ1n) is 8.71. The predicted octanol–water partition coefficient (Wildman–Crippen LogP) is 5.02. The smallest absolute Gasteiger partial charge is 0.398 e. The zero-order valence-electron chi connectivity index (χ0n) is 15.3. The SMILES string of the molecule is Nc1c(Br)cc(Br)cc1CN1CC[C@@H](NS(=O)(=O)c2ccc(Cl)c(C(F)(F)F)c2)C1. The van der Waals surface area contributed by atoms with E-state index in [1.165, 1.54) is 0 Å². The van der Waals surface area contributed by atoms with E-state index in [-0.39, 0.29) is 0 Å². The molecule has 1 aliphatic heterocycles. The lowest BCUT2D eigenvalue weighted by molar-refractivity contribution is -0.137. The number of hydrogen-bond donors (Lipinski definition) is 2. The Bertz CT molecular complexity index is 1070. The maximum absolute atomic E-state index is 13.0. The van der Waals surface area contributed by atoms with Crippen molar-refractivity contribution in [2.24, 2.45) is 0 Å². The summed E-state index contributed by atoms with van der Waals surface area (Å²) >= 11 is 12.4. The Morgan fingerprint density at radius 2 is 1.93 bits per heavy atom. The Kier molecular flexibility index (Phi) is 7.10. The highest BCUT2D eigenvalue weighted by molar-refractivity contribution is 9.11. The molecule has 1 aliphatic rings. The van der Waals surface area contributed by atoms with Gasteiger partial charge in [-0.3, -0.25) is 4.90 Å². The third-order valence-electron chi connectivity index (χ3n) is 4.72. The van der Waals surface area contributed by atoms with Gasteiger partial charge in [0.25, 0.3) is 0 Å². The van der Waals surface area contributed by atoms with Gasteiger partial charge in [0.2, 0.25) is 10.0 Å². The minimum Gasteiger partial charge on any atom is -0.398 e. The molecule has 0 spiro atoms. The molecule has 30 heavy (non-hydrogen) atoms. The van der Waals surface area contributed by atoms with E-state index in [1.54, 1.807) is 0 Å². The third-order valence-corrected chi connectivity index (χ3v) is 7.68. The predicted molar refractivity (Wildman–Crippen MR) is 117 cm³/mol. The highest BCUT2D eigenvalue weighted by Crippen LogP contribution is 2.36. The number of nitrogen functional groups attached to an aromatic ring is 1. The fraction of sp³-hybridized carbons (Fsp3) is 0.333. The van der Waals surface area contributed by atoms with Crippen LogP contribution < -0.4 is 10.5 Å². The van der Waals surface area contributed by atoms with Crippen LogP contribution in [0.15, 0.2) is 44.2 Å². The summed E-state index contributed by atoms with van der Waals surface area (Å²) in [5.41, 5.74) is 6.39. The van der Waals surface area contributed by atoms with Crippen molar-refractivity contribution in [3.05, 3.63) is 55.4 Å². The van der Waals surface area contributed by atoms with Crippen LogP contribution in [0.2, 0.25) is 5.02 Å². The van der Waals surface area contributed by atoms with Gasteiger partial charge in [0.1, 0.15) is 0 Å². The Hall–Kier alpha value is -0.850. The van der Waals surface area contributed by atoms with Crippen LogP contribution in [0.5, 0.6) is 0 Å². The second-order valence-corrected chi connectivity index (χ2v) is 10.8. The summed E-state index contributed by atoms with van der Waals surface area (Å²) in [5, 5.41) is -0.550. The number of nitrogens with two attached hydrogens (primary N) is 1. The van der Waals surface area contributed by atoms with E-state index in [4.69, 9.17) is 17.3 Å². The molecule has 0 amide bonds. The number of alkyl halides is 3. The molecule has 2 aromatic rings. The van der Waals surface area contributed by atoms with Crippen LogP contribution in [0.1, 0.15) is 17.5 Å². The number of likely N-dealkylation sites (tertiary alicyclic amines) is 1. The number of nitrogens with zero attached hydrogens (tertiary/aromatic N) is 1. The Labute approximate surface area is 194 Å². The highest BCUT2D eigenvalue weighted by atomic mass is 79.9. The van der Waals surface area contributed by atoms with E-state index in [1.807, 2.05) is 17.0 Å². The molecule has 0 aromatic heterocycles. The molecule has 1 heterocycles. The third kappa shape index (κ3) is 5.49. The molecule has 0 aliphatic carbocycles. The van der Waals surface area contributed by atoms with Crippen molar-refractivity contribution in [1.82, 2.24) is 9.62 Å². The van der Waals surface area contributed by atoms with Gasteiger partial charge >= 0.3 is 6.18 Å². The molecular weight excluding hydrogens is 575 g/mol. The van der Waals surface area contributed by atoms with Gasteiger partial charge in [-0.05, 0) is 58.2 Å². The number of sulfonamides is 1. The molecule has 12 heteroatoms. The lowest BCUT2D eigenvalue weighted by Gasteiger charge is -2.19. The number of rotatable bonds is 5. The number of hydrogen-bond acceptors (Lipinski definition) is 4. The van der Waals surface area contributed by atoms with Gasteiger partial charge in [0, 0.05) is 34.6 Å². The molecule has 1 fully saturated rings. The van der Waals surface area contributed by atoms with Gasteiger partial charge < -0.3 is 5.73 Å². The molecule has 0 unspecified atom stereocenters. The zero-order chi connectivity index (χ0) is 22.3. The summed E-state index contributed by atoms with van der Waals surface area (Å²) in [5.74, 6) is 0. The minimum atomic E-state index is -4.75. The van der Waals surface area contributed by atoms with Crippen LogP contribution in [0.25, 0.3) is 0 Å². The molecule has 5 nitrogen and oxygen atoms in total. The molecule has 1 atom stereocenters. The zero-order valence-corrected chi connectivity index (χ0v) is 20.1. The molecular formula is C18H17Br2ClF3N3O2S. The Morgan fingerprint density at radius 3 is 2.60 bits per heavy atom. The lowest BCUT2D eigenvalue weighted by atomic mass is 10.2. The topological polar surface area (TPSA) is 75.4 Å². The summed E-state index contributed by atoms with van der Waals surface area (Å²) in [6, 6.07) is 5.85. The van der Waals surface area contributed by atoms with Crippen molar-refractivity contribution >= 4 is 59.2 Å². The molecule has 0 bridgehead atoms. The van der Waals surface area contributed by atoms with E-state index in [0.717, 1.165) is 26.6 Å². The van der Waals surface area contributed by atoms with E-state index >= 15 is 0 Å². The maximum atomic E-state index is 13.0. The van der Waals surface area contributed by atoms with E-state index in [9.17, 15) is 21.6 Å². The number of nitrogens with one attached hydrogen (secondary N) is 1. The van der Waals surface area contributed by atoms with Crippen LogP contribution in [-0.2, 0) is 22.7 Å². The molecule has 0 radical (unpaired) electrons. The van der Waals surface area contributed by atoms with Crippen LogP contribution in [0, 0.1) is 0 Å². The number of benzene rings is 2. The molecule has 3 N–H and O–H groups in total. The lowest BCUT2D eigenvalue weighted by Crippen LogP contribution is -2.37. The largest absolute Gasteiger partial charge is 0.417 e. The van der Waals surface area contributed by atoms with Crippen molar-refractivity contribution in [2.45, 2.75) is 30.1 Å². The monoisotopic (exact) mass is 589 g/mol. The van der Waals surface area contributed by atoms with Crippen LogP contribution in [0.3, 0.4) is 0 Å². The van der Waals surface area contributed by atoms with Crippen LogP contribution in [0.4, 0.5) is 18.9 Å². The van der Waals surface area contributed by atoms with Gasteiger partial charge in [0.05, 0.1) is 21.2 Å². The Balaban J connectivity index is 1.71. The molecule has 2 aromatic carbocycles. The first-order valence-corrected chi connectivity index (χ1v) is 12.2.